The Kier molecular flexibility index (Phi) is 6.55. The monoisotopic (exact) mass is 472 g/mol. The minimum absolute atomic E-state index is 0.0150. The molecule has 180 valence electrons. The Morgan fingerprint density at radius 2 is 1.71 bits per heavy atom. The molecule has 0 aromatic heterocycles. The molecule has 1 heterocycles. The Labute approximate surface area is 203 Å². The average molecular weight is 473 g/mol. The highest BCUT2D eigenvalue weighted by Crippen LogP contribution is 2.38. The lowest BCUT2D eigenvalue weighted by Crippen LogP contribution is -2.44. The zero-order valence-electron chi connectivity index (χ0n) is 19.5. The van der Waals surface area contributed by atoms with Gasteiger partial charge >= 0.3 is 12.0 Å². The van der Waals surface area contributed by atoms with E-state index in [0.29, 0.717) is 24.0 Å². The van der Waals surface area contributed by atoms with Crippen molar-refractivity contribution in [1.29, 1.82) is 5.41 Å². The maximum atomic E-state index is 13.7. The third-order valence-electron chi connectivity index (χ3n) is 6.58. The van der Waals surface area contributed by atoms with Crippen molar-refractivity contribution in [3.05, 3.63) is 83.4 Å². The molecule has 35 heavy (non-hydrogen) atoms. The molecule has 8 nitrogen and oxygen atoms in total. The largest absolute Gasteiger partial charge is 0.481 e. The van der Waals surface area contributed by atoms with E-state index in [2.05, 4.69) is 0 Å². The molecular weight excluding hydrogens is 444 g/mol. The minimum Gasteiger partial charge on any atom is -0.481 e. The van der Waals surface area contributed by atoms with Crippen molar-refractivity contribution < 1.29 is 19.5 Å². The van der Waals surface area contributed by atoms with Crippen LogP contribution in [0.5, 0.6) is 0 Å². The smallest absolute Gasteiger partial charge is 0.328 e. The highest BCUT2D eigenvalue weighted by Gasteiger charge is 2.54. The number of unbranched alkanes of at least 4 members (excludes halogenated alkanes) is 1. The summed E-state index contributed by atoms with van der Waals surface area (Å²) in [6.45, 7) is 2.13. The van der Waals surface area contributed by atoms with Gasteiger partial charge in [0.25, 0.3) is 5.91 Å². The molecular formula is C27H28N4O4. The van der Waals surface area contributed by atoms with Crippen molar-refractivity contribution in [2.24, 2.45) is 5.73 Å². The second kappa shape index (κ2) is 9.58. The van der Waals surface area contributed by atoms with Gasteiger partial charge in [-0.1, -0.05) is 54.6 Å². The molecule has 1 unspecified atom stereocenters. The Bertz CT molecular complexity index is 1310. The van der Waals surface area contributed by atoms with E-state index in [1.54, 1.807) is 17.9 Å². The van der Waals surface area contributed by atoms with Gasteiger partial charge in [-0.05, 0) is 53.8 Å². The average Bonchev–Trinajstić information content (AvgIpc) is 3.02. The molecule has 0 aliphatic carbocycles. The fourth-order valence-corrected chi connectivity index (χ4v) is 4.59. The molecule has 3 amide bonds. The summed E-state index contributed by atoms with van der Waals surface area (Å²) in [6, 6.07) is 20.0. The number of carbonyl (C=O) groups excluding carboxylic acids is 2. The van der Waals surface area contributed by atoms with E-state index >= 15 is 0 Å². The number of carboxylic acids is 1. The molecule has 4 rings (SSSR count). The van der Waals surface area contributed by atoms with Gasteiger partial charge in [0.05, 0.1) is 6.54 Å². The first-order valence-corrected chi connectivity index (χ1v) is 11.5. The van der Waals surface area contributed by atoms with E-state index in [9.17, 15) is 14.4 Å². The van der Waals surface area contributed by atoms with E-state index in [4.69, 9.17) is 16.2 Å². The summed E-state index contributed by atoms with van der Waals surface area (Å²) in [5, 5.41) is 18.5. The number of amidine groups is 1. The summed E-state index contributed by atoms with van der Waals surface area (Å²) < 4.78 is 0. The van der Waals surface area contributed by atoms with E-state index in [1.807, 2.05) is 60.7 Å². The molecule has 1 aliphatic heterocycles. The van der Waals surface area contributed by atoms with Crippen LogP contribution in [-0.4, -0.2) is 45.2 Å². The number of fused-ring (bicyclic) bond motifs is 1. The zero-order chi connectivity index (χ0) is 25.2. The lowest BCUT2D eigenvalue weighted by Gasteiger charge is -2.32. The molecule has 0 spiro atoms. The van der Waals surface area contributed by atoms with Crippen molar-refractivity contribution in [2.45, 2.75) is 38.3 Å². The quantitative estimate of drug-likeness (QED) is 0.187. The van der Waals surface area contributed by atoms with Crippen molar-refractivity contribution in [3.63, 3.8) is 0 Å². The molecule has 1 fully saturated rings. The maximum Gasteiger partial charge on any atom is 0.328 e. The third kappa shape index (κ3) is 4.59. The van der Waals surface area contributed by atoms with Gasteiger partial charge in [0, 0.05) is 18.5 Å². The fraction of sp³-hybridized carbons (Fsp3) is 0.259. The standard InChI is InChI=1S/C27H28N4O4/c1-27(22-7-3-2-4-8-22)25(34)30(26(35)31(27)14-6-5-9-23(32)33)17-18-10-11-19-12-13-20(24(28)29)16-21(19)15-18/h2-4,7-8,10-13,15-16H,5-6,9,14,17H2,1H3,(H3,28,29)(H,32,33). The lowest BCUT2D eigenvalue weighted by atomic mass is 9.90. The van der Waals surface area contributed by atoms with Gasteiger partial charge in [0.2, 0.25) is 0 Å². The Balaban J connectivity index is 1.64. The number of carboxylic acid groups (broad SMARTS) is 1. The number of urea groups is 1. The lowest BCUT2D eigenvalue weighted by molar-refractivity contribution is -0.137. The number of nitrogens with two attached hydrogens (primary N) is 1. The number of rotatable bonds is 9. The number of nitrogens with one attached hydrogen (secondary N) is 1. The summed E-state index contributed by atoms with van der Waals surface area (Å²) in [5.74, 6) is -1.23. The minimum atomic E-state index is -1.18. The van der Waals surface area contributed by atoms with Crippen LogP contribution in [0.1, 0.15) is 42.9 Å². The summed E-state index contributed by atoms with van der Waals surface area (Å²) in [7, 11) is 0. The predicted molar refractivity (Wildman–Crippen MR) is 133 cm³/mol. The first kappa shape index (κ1) is 23.9. The summed E-state index contributed by atoms with van der Waals surface area (Å²) in [5.41, 5.74) is 6.54. The second-order valence-electron chi connectivity index (χ2n) is 8.92. The van der Waals surface area contributed by atoms with Crippen LogP contribution in [-0.2, 0) is 21.7 Å². The van der Waals surface area contributed by atoms with Crippen LogP contribution in [0.2, 0.25) is 0 Å². The van der Waals surface area contributed by atoms with Crippen LogP contribution in [0.4, 0.5) is 4.79 Å². The maximum absolute atomic E-state index is 13.7. The Hall–Kier alpha value is -4.20. The number of carbonyl (C=O) groups is 3. The van der Waals surface area contributed by atoms with Crippen LogP contribution >= 0.6 is 0 Å². The van der Waals surface area contributed by atoms with Crippen molar-refractivity contribution in [1.82, 2.24) is 9.80 Å². The zero-order valence-corrected chi connectivity index (χ0v) is 19.5. The van der Waals surface area contributed by atoms with Crippen molar-refractivity contribution in [2.75, 3.05) is 6.54 Å². The predicted octanol–water partition coefficient (Wildman–Crippen LogP) is 4.06. The van der Waals surface area contributed by atoms with E-state index in [0.717, 1.165) is 16.3 Å². The molecule has 3 aromatic rings. The second-order valence-corrected chi connectivity index (χ2v) is 8.92. The van der Waals surface area contributed by atoms with E-state index < -0.39 is 17.5 Å². The fourth-order valence-electron chi connectivity index (χ4n) is 4.59. The number of hydrogen-bond donors (Lipinski definition) is 3. The first-order valence-electron chi connectivity index (χ1n) is 11.5. The molecule has 1 saturated heterocycles. The highest BCUT2D eigenvalue weighted by molar-refractivity contribution is 6.07. The van der Waals surface area contributed by atoms with Gasteiger partial charge in [0.15, 0.2) is 0 Å². The van der Waals surface area contributed by atoms with Gasteiger partial charge < -0.3 is 15.7 Å². The van der Waals surface area contributed by atoms with Crippen LogP contribution in [0.15, 0.2) is 66.7 Å². The number of nitrogens with zero attached hydrogens (tertiary/aromatic N) is 2. The molecule has 8 heteroatoms. The van der Waals surface area contributed by atoms with Gasteiger partial charge in [-0.25, -0.2) is 4.79 Å². The van der Waals surface area contributed by atoms with Crippen LogP contribution < -0.4 is 5.73 Å². The topological polar surface area (TPSA) is 128 Å². The number of benzene rings is 3. The normalized spacial score (nSPS) is 17.9. The van der Waals surface area contributed by atoms with Crippen molar-refractivity contribution in [3.8, 4) is 0 Å². The van der Waals surface area contributed by atoms with E-state index in [1.165, 1.54) is 4.90 Å². The summed E-state index contributed by atoms with van der Waals surface area (Å²) in [6.07, 6.45) is 0.911. The molecule has 0 saturated carbocycles. The third-order valence-corrected chi connectivity index (χ3v) is 6.58. The van der Waals surface area contributed by atoms with Gasteiger partial charge in [-0.2, -0.15) is 0 Å². The van der Waals surface area contributed by atoms with E-state index in [-0.39, 0.29) is 31.3 Å². The number of amides is 3. The molecule has 4 N–H and O–H groups in total. The SMILES string of the molecule is CC1(c2ccccc2)C(=O)N(Cc2ccc3ccc(C(=N)N)cc3c2)C(=O)N1CCCCC(=O)O. The van der Waals surface area contributed by atoms with Crippen LogP contribution in [0, 0.1) is 5.41 Å². The number of nitrogen functional groups attached to an aromatic ring is 1. The summed E-state index contributed by atoms with van der Waals surface area (Å²) in [4.78, 5) is 41.0. The molecule has 1 atom stereocenters. The number of aliphatic carboxylic acids is 1. The van der Waals surface area contributed by atoms with Crippen LogP contribution in [0.3, 0.4) is 0 Å². The molecule has 1 aliphatic rings. The number of hydrogen-bond acceptors (Lipinski definition) is 4. The highest BCUT2D eigenvalue weighted by atomic mass is 16.4. The number of imide groups is 1. The summed E-state index contributed by atoms with van der Waals surface area (Å²) >= 11 is 0. The first-order chi connectivity index (χ1) is 16.7. The van der Waals surface area contributed by atoms with Gasteiger partial charge in [-0.3, -0.25) is 19.9 Å². The Morgan fingerprint density at radius 3 is 2.40 bits per heavy atom. The molecule has 3 aromatic carbocycles. The molecule has 0 radical (unpaired) electrons. The van der Waals surface area contributed by atoms with Crippen molar-refractivity contribution >= 4 is 34.5 Å². The molecule has 0 bridgehead atoms. The van der Waals surface area contributed by atoms with Gasteiger partial charge in [0.1, 0.15) is 11.4 Å². The van der Waals surface area contributed by atoms with Gasteiger partial charge in [-0.15, -0.1) is 0 Å². The van der Waals surface area contributed by atoms with Crippen LogP contribution in [0.25, 0.3) is 10.8 Å². The Morgan fingerprint density at radius 1 is 1.00 bits per heavy atom.